The van der Waals surface area contributed by atoms with Crippen LogP contribution < -0.4 is 10.1 Å². The molecule has 3 rings (SSSR count). The minimum absolute atomic E-state index is 0.193. The molecule has 0 aliphatic rings. The van der Waals surface area contributed by atoms with E-state index in [1.165, 1.54) is 24.3 Å². The number of nitrogens with one attached hydrogen (secondary N) is 1. The molecule has 0 bridgehead atoms. The summed E-state index contributed by atoms with van der Waals surface area (Å²) in [4.78, 5) is 23.9. The summed E-state index contributed by atoms with van der Waals surface area (Å²) in [7, 11) is 0. The molecule has 3 aromatic carbocycles. The molecule has 7 heteroatoms. The molecule has 0 aromatic heterocycles. The van der Waals surface area contributed by atoms with Crippen molar-refractivity contribution in [2.75, 3.05) is 0 Å². The van der Waals surface area contributed by atoms with Crippen molar-refractivity contribution in [3.05, 3.63) is 99.2 Å². The third kappa shape index (κ3) is 5.41. The standard InChI is InChI=1S/C23H17Cl2NO4/c1-14-4-2-3-5-21(14)30-17-9-6-15(7-10-17)12-20(23(28)29)26-22(27)16-8-11-18(24)19(25)13-16/h2-13H,1H3,(H,26,27)(H,28,29)/b20-12-. The van der Waals surface area contributed by atoms with E-state index < -0.39 is 11.9 Å². The van der Waals surface area contributed by atoms with E-state index >= 15 is 0 Å². The number of amides is 1. The van der Waals surface area contributed by atoms with Crippen molar-refractivity contribution in [2.24, 2.45) is 0 Å². The number of carbonyl (C=O) groups is 2. The normalized spacial score (nSPS) is 11.1. The van der Waals surface area contributed by atoms with Crippen LogP contribution in [-0.4, -0.2) is 17.0 Å². The van der Waals surface area contributed by atoms with Crippen molar-refractivity contribution in [3.8, 4) is 11.5 Å². The van der Waals surface area contributed by atoms with Gasteiger partial charge in [-0.2, -0.15) is 0 Å². The number of rotatable bonds is 6. The van der Waals surface area contributed by atoms with Crippen LogP contribution in [0.4, 0.5) is 0 Å². The fourth-order valence-electron chi connectivity index (χ4n) is 2.58. The Morgan fingerprint density at radius 2 is 1.67 bits per heavy atom. The molecule has 0 aliphatic carbocycles. The number of benzene rings is 3. The van der Waals surface area contributed by atoms with Crippen LogP contribution in [0.25, 0.3) is 6.08 Å². The third-order valence-electron chi connectivity index (χ3n) is 4.17. The van der Waals surface area contributed by atoms with Gasteiger partial charge in [-0.1, -0.05) is 53.5 Å². The lowest BCUT2D eigenvalue weighted by molar-refractivity contribution is -0.132. The van der Waals surface area contributed by atoms with E-state index in [-0.39, 0.29) is 16.3 Å². The number of carbonyl (C=O) groups excluding carboxylic acids is 1. The average Bonchev–Trinajstić information content (AvgIpc) is 2.72. The zero-order valence-electron chi connectivity index (χ0n) is 15.9. The molecule has 3 aromatic rings. The largest absolute Gasteiger partial charge is 0.477 e. The van der Waals surface area contributed by atoms with Crippen LogP contribution in [0.1, 0.15) is 21.5 Å². The Labute approximate surface area is 183 Å². The van der Waals surface area contributed by atoms with Crippen LogP contribution >= 0.6 is 23.2 Å². The number of hydrogen-bond donors (Lipinski definition) is 2. The van der Waals surface area contributed by atoms with Gasteiger partial charge in [0.05, 0.1) is 10.0 Å². The predicted octanol–water partition coefficient (Wildman–Crippen LogP) is 5.95. The Morgan fingerprint density at radius 1 is 0.967 bits per heavy atom. The lowest BCUT2D eigenvalue weighted by Crippen LogP contribution is -2.27. The Balaban J connectivity index is 1.76. The molecule has 0 saturated heterocycles. The smallest absolute Gasteiger partial charge is 0.352 e. The third-order valence-corrected chi connectivity index (χ3v) is 4.91. The fraction of sp³-hybridized carbons (Fsp3) is 0.0435. The monoisotopic (exact) mass is 441 g/mol. The molecule has 1 amide bonds. The molecule has 0 fully saturated rings. The Morgan fingerprint density at radius 3 is 2.30 bits per heavy atom. The molecule has 0 radical (unpaired) electrons. The van der Waals surface area contributed by atoms with Crippen molar-refractivity contribution >= 4 is 41.2 Å². The summed E-state index contributed by atoms with van der Waals surface area (Å²) in [5, 5.41) is 12.3. The van der Waals surface area contributed by atoms with Crippen LogP contribution in [0.3, 0.4) is 0 Å². The minimum atomic E-state index is -1.27. The minimum Gasteiger partial charge on any atom is -0.477 e. The lowest BCUT2D eigenvalue weighted by atomic mass is 10.1. The Kier molecular flexibility index (Phi) is 6.77. The first-order valence-electron chi connectivity index (χ1n) is 8.88. The maximum absolute atomic E-state index is 12.4. The molecule has 2 N–H and O–H groups in total. The number of ether oxygens (including phenoxy) is 1. The van der Waals surface area contributed by atoms with Gasteiger partial charge in [0, 0.05) is 5.56 Å². The van der Waals surface area contributed by atoms with E-state index in [4.69, 9.17) is 27.9 Å². The van der Waals surface area contributed by atoms with Gasteiger partial charge in [0.25, 0.3) is 5.91 Å². The summed E-state index contributed by atoms with van der Waals surface area (Å²) in [6, 6.07) is 18.8. The van der Waals surface area contributed by atoms with E-state index in [0.717, 1.165) is 11.3 Å². The van der Waals surface area contributed by atoms with Gasteiger partial charge in [0.2, 0.25) is 0 Å². The number of hydrogen-bond acceptors (Lipinski definition) is 3. The van der Waals surface area contributed by atoms with Crippen LogP contribution in [0, 0.1) is 6.92 Å². The van der Waals surface area contributed by atoms with Crippen molar-refractivity contribution in [3.63, 3.8) is 0 Å². The quantitative estimate of drug-likeness (QED) is 0.463. The number of aryl methyl sites for hydroxylation is 1. The van der Waals surface area contributed by atoms with Gasteiger partial charge >= 0.3 is 5.97 Å². The van der Waals surface area contributed by atoms with Crippen molar-refractivity contribution in [2.45, 2.75) is 6.92 Å². The summed E-state index contributed by atoms with van der Waals surface area (Å²) in [6.45, 7) is 1.95. The molecule has 152 valence electrons. The number of aliphatic carboxylic acids is 1. The molecular weight excluding hydrogens is 425 g/mol. The number of para-hydroxylation sites is 1. The first-order valence-corrected chi connectivity index (χ1v) is 9.64. The average molecular weight is 442 g/mol. The van der Waals surface area contributed by atoms with Gasteiger partial charge in [0.1, 0.15) is 17.2 Å². The van der Waals surface area contributed by atoms with Crippen LogP contribution in [0.15, 0.2) is 72.4 Å². The van der Waals surface area contributed by atoms with Gasteiger partial charge in [-0.3, -0.25) is 4.79 Å². The maximum Gasteiger partial charge on any atom is 0.352 e. The van der Waals surface area contributed by atoms with E-state index in [1.807, 2.05) is 31.2 Å². The molecule has 0 aliphatic heterocycles. The second-order valence-electron chi connectivity index (χ2n) is 6.38. The van der Waals surface area contributed by atoms with E-state index in [0.29, 0.717) is 16.3 Å². The summed E-state index contributed by atoms with van der Waals surface area (Å²) in [6.07, 6.45) is 1.36. The van der Waals surface area contributed by atoms with Crippen molar-refractivity contribution in [1.82, 2.24) is 5.32 Å². The lowest BCUT2D eigenvalue weighted by Gasteiger charge is -2.09. The summed E-state index contributed by atoms with van der Waals surface area (Å²) < 4.78 is 5.83. The summed E-state index contributed by atoms with van der Waals surface area (Å²) >= 11 is 11.8. The Bertz CT molecular complexity index is 1120. The Hall–Kier alpha value is -3.28. The molecule has 0 atom stereocenters. The SMILES string of the molecule is Cc1ccccc1Oc1ccc(/C=C(\NC(=O)c2ccc(Cl)c(Cl)c2)C(=O)O)cc1. The second-order valence-corrected chi connectivity index (χ2v) is 7.20. The zero-order chi connectivity index (χ0) is 21.7. The number of carboxylic acid groups (broad SMARTS) is 1. The first-order chi connectivity index (χ1) is 14.3. The fourth-order valence-corrected chi connectivity index (χ4v) is 2.88. The van der Waals surface area contributed by atoms with Gasteiger partial charge in [-0.05, 0) is 60.5 Å². The highest BCUT2D eigenvalue weighted by Crippen LogP contribution is 2.25. The van der Waals surface area contributed by atoms with Crippen molar-refractivity contribution < 1.29 is 19.4 Å². The first kappa shape index (κ1) is 21.4. The van der Waals surface area contributed by atoms with E-state index in [2.05, 4.69) is 5.32 Å². The number of halogens is 2. The topological polar surface area (TPSA) is 75.6 Å². The number of carboxylic acids is 1. The molecule has 0 heterocycles. The molecule has 0 saturated carbocycles. The van der Waals surface area contributed by atoms with Gasteiger partial charge in [0.15, 0.2) is 0 Å². The summed E-state index contributed by atoms with van der Waals surface area (Å²) in [5.74, 6) is -0.538. The highest BCUT2D eigenvalue weighted by molar-refractivity contribution is 6.42. The van der Waals surface area contributed by atoms with Crippen LogP contribution in [-0.2, 0) is 4.79 Å². The molecule has 30 heavy (non-hydrogen) atoms. The highest BCUT2D eigenvalue weighted by atomic mass is 35.5. The van der Waals surface area contributed by atoms with E-state index in [1.54, 1.807) is 24.3 Å². The van der Waals surface area contributed by atoms with Gasteiger partial charge < -0.3 is 15.2 Å². The van der Waals surface area contributed by atoms with Crippen LogP contribution in [0.5, 0.6) is 11.5 Å². The molecule has 0 unspecified atom stereocenters. The van der Waals surface area contributed by atoms with Gasteiger partial charge in [-0.15, -0.1) is 0 Å². The molecular formula is C23H17Cl2NO4. The van der Waals surface area contributed by atoms with E-state index in [9.17, 15) is 14.7 Å². The molecule has 5 nitrogen and oxygen atoms in total. The predicted molar refractivity (Wildman–Crippen MR) is 117 cm³/mol. The molecule has 0 spiro atoms. The second kappa shape index (κ2) is 9.48. The highest BCUT2D eigenvalue weighted by Gasteiger charge is 2.14. The maximum atomic E-state index is 12.4. The zero-order valence-corrected chi connectivity index (χ0v) is 17.4. The van der Waals surface area contributed by atoms with Gasteiger partial charge in [-0.25, -0.2) is 4.79 Å². The summed E-state index contributed by atoms with van der Waals surface area (Å²) in [5.41, 5.74) is 1.50. The van der Waals surface area contributed by atoms with Crippen LogP contribution in [0.2, 0.25) is 10.0 Å². The van der Waals surface area contributed by atoms with Crippen molar-refractivity contribution in [1.29, 1.82) is 0 Å².